The number of methoxy groups -OCH3 is 1. The van der Waals surface area contributed by atoms with Crippen molar-refractivity contribution in [2.75, 3.05) is 7.11 Å². The second kappa shape index (κ2) is 7.45. The fourth-order valence-corrected chi connectivity index (χ4v) is 3.68. The Balaban J connectivity index is 1.90. The van der Waals surface area contributed by atoms with E-state index in [0.29, 0.717) is 15.8 Å². The van der Waals surface area contributed by atoms with Crippen molar-refractivity contribution in [3.63, 3.8) is 0 Å². The molecule has 6 heteroatoms. The summed E-state index contributed by atoms with van der Waals surface area (Å²) in [5, 5.41) is 3.40. The van der Waals surface area contributed by atoms with Gasteiger partial charge in [0, 0.05) is 10.0 Å². The van der Waals surface area contributed by atoms with Crippen LogP contribution >= 0.6 is 27.7 Å². The molecule has 2 aromatic carbocycles. The number of nitrogens with one attached hydrogen (secondary N) is 1. The second-order valence-electron chi connectivity index (χ2n) is 5.66. The maximum absolute atomic E-state index is 12.3. The lowest BCUT2D eigenvalue weighted by Gasteiger charge is -2.05. The second-order valence-corrected chi connectivity index (χ2v) is 7.60. The van der Waals surface area contributed by atoms with E-state index in [2.05, 4.69) is 32.3 Å². The van der Waals surface area contributed by atoms with Crippen LogP contribution in [-0.4, -0.2) is 18.2 Å². The van der Waals surface area contributed by atoms with E-state index >= 15 is 0 Å². The van der Waals surface area contributed by atoms with Crippen molar-refractivity contribution in [1.82, 2.24) is 5.32 Å². The monoisotopic (exact) mass is 416 g/mol. The van der Waals surface area contributed by atoms with Crippen LogP contribution in [0.2, 0.25) is 0 Å². The van der Waals surface area contributed by atoms with Gasteiger partial charge in [0.2, 0.25) is 0 Å². The average Bonchev–Trinajstić information content (AvgIpc) is 2.90. The van der Waals surface area contributed by atoms with Crippen LogP contribution in [-0.2, 0) is 4.79 Å². The number of hydrogen-bond donors (Lipinski definition) is 1. The molecule has 1 saturated heterocycles. The minimum Gasteiger partial charge on any atom is -0.496 e. The Bertz CT molecular complexity index is 906. The number of hydrogen-bond acceptors (Lipinski definition) is 4. The summed E-state index contributed by atoms with van der Waals surface area (Å²) < 4.78 is 6.28. The molecule has 0 spiro atoms. The Hall–Kier alpha value is -2.05. The summed E-state index contributed by atoms with van der Waals surface area (Å²) in [7, 11) is 1.61. The lowest BCUT2D eigenvalue weighted by Crippen LogP contribution is -2.19. The van der Waals surface area contributed by atoms with E-state index in [-0.39, 0.29) is 5.91 Å². The maximum Gasteiger partial charge on any atom is 0.264 e. The number of thioether (sulfide) groups is 1. The van der Waals surface area contributed by atoms with Gasteiger partial charge in [0.1, 0.15) is 5.75 Å². The highest BCUT2D eigenvalue weighted by molar-refractivity contribution is 9.10. The van der Waals surface area contributed by atoms with E-state index in [0.717, 1.165) is 21.3 Å². The molecule has 1 fully saturated rings. The minimum absolute atomic E-state index is 0.157. The van der Waals surface area contributed by atoms with Crippen LogP contribution in [0, 0.1) is 13.8 Å². The molecule has 4 nitrogen and oxygen atoms in total. The number of rotatable bonds is 3. The molecule has 2 aromatic rings. The quantitative estimate of drug-likeness (QED) is 0.718. The van der Waals surface area contributed by atoms with Crippen LogP contribution in [0.25, 0.3) is 6.08 Å². The number of aliphatic imine (C=N–C) groups is 1. The fourth-order valence-electron chi connectivity index (χ4n) is 2.48. The summed E-state index contributed by atoms with van der Waals surface area (Å²) in [6, 6.07) is 11.7. The molecule has 3 rings (SSSR count). The van der Waals surface area contributed by atoms with Crippen LogP contribution < -0.4 is 10.1 Å². The van der Waals surface area contributed by atoms with Crippen LogP contribution in [0.4, 0.5) is 5.69 Å². The predicted molar refractivity (Wildman–Crippen MR) is 107 cm³/mol. The van der Waals surface area contributed by atoms with Crippen molar-refractivity contribution in [2.24, 2.45) is 4.99 Å². The number of carbonyl (C=O) groups excluding carboxylic acids is 1. The molecule has 0 aliphatic carbocycles. The summed E-state index contributed by atoms with van der Waals surface area (Å²) in [6.45, 7) is 4.05. The van der Waals surface area contributed by atoms with Crippen LogP contribution in [0.5, 0.6) is 5.75 Å². The lowest BCUT2D eigenvalue weighted by atomic mass is 10.1. The Kier molecular flexibility index (Phi) is 5.30. The van der Waals surface area contributed by atoms with E-state index in [4.69, 9.17) is 4.74 Å². The third-order valence-electron chi connectivity index (χ3n) is 3.70. The topological polar surface area (TPSA) is 50.7 Å². The largest absolute Gasteiger partial charge is 0.496 e. The fraction of sp³-hybridized carbons (Fsp3) is 0.158. The van der Waals surface area contributed by atoms with E-state index in [1.165, 1.54) is 17.3 Å². The Morgan fingerprint density at radius 2 is 2.00 bits per heavy atom. The molecule has 1 amide bonds. The number of amidine groups is 1. The first-order valence-electron chi connectivity index (χ1n) is 7.66. The molecule has 0 bridgehead atoms. The smallest absolute Gasteiger partial charge is 0.264 e. The van der Waals surface area contributed by atoms with Gasteiger partial charge >= 0.3 is 0 Å². The van der Waals surface area contributed by atoms with Gasteiger partial charge in [-0.3, -0.25) is 4.79 Å². The van der Waals surface area contributed by atoms with Gasteiger partial charge in [-0.05, 0) is 61.5 Å². The molecule has 1 heterocycles. The van der Waals surface area contributed by atoms with Gasteiger partial charge in [0.25, 0.3) is 5.91 Å². The highest BCUT2D eigenvalue weighted by atomic mass is 79.9. The minimum atomic E-state index is -0.157. The number of benzene rings is 2. The first-order valence-corrected chi connectivity index (χ1v) is 9.27. The third kappa shape index (κ3) is 4.14. The highest BCUT2D eigenvalue weighted by Gasteiger charge is 2.24. The van der Waals surface area contributed by atoms with Gasteiger partial charge < -0.3 is 10.1 Å². The van der Waals surface area contributed by atoms with E-state index < -0.39 is 0 Å². The van der Waals surface area contributed by atoms with Crippen molar-refractivity contribution < 1.29 is 9.53 Å². The number of nitrogens with zero attached hydrogens (tertiary/aromatic N) is 1. The molecule has 0 atom stereocenters. The van der Waals surface area contributed by atoms with Gasteiger partial charge in [-0.2, -0.15) is 0 Å². The average molecular weight is 417 g/mol. The molecule has 0 unspecified atom stereocenters. The number of amides is 1. The Labute approximate surface area is 159 Å². The zero-order valence-electron chi connectivity index (χ0n) is 14.1. The van der Waals surface area contributed by atoms with Crippen LogP contribution in [0.1, 0.15) is 16.7 Å². The van der Waals surface area contributed by atoms with E-state index in [9.17, 15) is 4.79 Å². The standard InChI is InChI=1S/C19H17BrN2O2S/c1-11-4-6-15(12(2)8-11)21-19-22-18(23)17(25-19)10-13-9-14(20)5-7-16(13)24-3/h4-10H,1-3H3,(H,21,22,23)/b17-10-. The number of halogens is 1. The zero-order chi connectivity index (χ0) is 18.0. The molecule has 128 valence electrons. The van der Waals surface area contributed by atoms with Crippen molar-refractivity contribution in [3.8, 4) is 5.75 Å². The maximum atomic E-state index is 12.3. The van der Waals surface area contributed by atoms with Crippen LogP contribution in [0.15, 0.2) is 50.8 Å². The molecule has 1 aliphatic rings. The van der Waals surface area contributed by atoms with Crippen molar-refractivity contribution in [2.45, 2.75) is 13.8 Å². The van der Waals surface area contributed by atoms with Gasteiger partial charge in [-0.15, -0.1) is 0 Å². The third-order valence-corrected chi connectivity index (χ3v) is 5.11. The van der Waals surface area contributed by atoms with E-state index in [1.54, 1.807) is 7.11 Å². The first-order chi connectivity index (χ1) is 12.0. The first kappa shape index (κ1) is 17.8. The number of aryl methyl sites for hydroxylation is 2. The SMILES string of the molecule is COc1ccc(Br)cc1/C=C1\SC(=Nc2ccc(C)cc2C)NC1=O. The molecular formula is C19H17BrN2O2S. The molecule has 0 saturated carbocycles. The lowest BCUT2D eigenvalue weighted by molar-refractivity contribution is -0.115. The van der Waals surface area contributed by atoms with Crippen molar-refractivity contribution >= 4 is 50.5 Å². The molecule has 0 radical (unpaired) electrons. The number of ether oxygens (including phenoxy) is 1. The highest BCUT2D eigenvalue weighted by Crippen LogP contribution is 2.32. The molecular weight excluding hydrogens is 400 g/mol. The molecule has 1 N–H and O–H groups in total. The number of carbonyl (C=O) groups is 1. The summed E-state index contributed by atoms with van der Waals surface area (Å²) >= 11 is 4.77. The van der Waals surface area contributed by atoms with Gasteiger partial charge in [0.15, 0.2) is 5.17 Å². The summed E-state index contributed by atoms with van der Waals surface area (Å²) in [4.78, 5) is 17.4. The summed E-state index contributed by atoms with van der Waals surface area (Å²) in [6.07, 6.45) is 1.81. The van der Waals surface area contributed by atoms with Gasteiger partial charge in [-0.25, -0.2) is 4.99 Å². The van der Waals surface area contributed by atoms with Gasteiger partial charge in [0.05, 0.1) is 17.7 Å². The summed E-state index contributed by atoms with van der Waals surface area (Å²) in [5.74, 6) is 0.555. The Morgan fingerprint density at radius 3 is 2.72 bits per heavy atom. The molecule has 0 aromatic heterocycles. The zero-order valence-corrected chi connectivity index (χ0v) is 16.5. The van der Waals surface area contributed by atoms with Crippen molar-refractivity contribution in [1.29, 1.82) is 0 Å². The predicted octanol–water partition coefficient (Wildman–Crippen LogP) is 4.97. The van der Waals surface area contributed by atoms with Crippen LogP contribution in [0.3, 0.4) is 0 Å². The normalized spacial score (nSPS) is 17.2. The molecule has 25 heavy (non-hydrogen) atoms. The van der Waals surface area contributed by atoms with E-state index in [1.807, 2.05) is 50.3 Å². The Morgan fingerprint density at radius 1 is 1.20 bits per heavy atom. The van der Waals surface area contributed by atoms with Crippen molar-refractivity contribution in [3.05, 3.63) is 62.5 Å². The van der Waals surface area contributed by atoms with Gasteiger partial charge in [-0.1, -0.05) is 33.6 Å². The molecule has 1 aliphatic heterocycles. The summed E-state index contributed by atoms with van der Waals surface area (Å²) in [5.41, 5.74) is 3.96.